The number of ether oxygens (including phenoxy) is 1. The molecule has 0 fully saturated rings. The maximum atomic E-state index is 5.62. The predicted octanol–water partition coefficient (Wildman–Crippen LogP) is 3.23. The van der Waals surface area contributed by atoms with Gasteiger partial charge in [-0.2, -0.15) is 0 Å². The monoisotopic (exact) mass is 221 g/mol. The minimum Gasteiger partial charge on any atom is -0.494 e. The Bertz CT molecular complexity index is 261. The van der Waals surface area contributed by atoms with Gasteiger partial charge < -0.3 is 10.1 Å². The summed E-state index contributed by atoms with van der Waals surface area (Å²) in [5.41, 5.74) is 0. The molecule has 1 N–H and O–H groups in total. The van der Waals surface area contributed by atoms with Gasteiger partial charge >= 0.3 is 0 Å². The largest absolute Gasteiger partial charge is 0.494 e. The van der Waals surface area contributed by atoms with Crippen molar-refractivity contribution < 1.29 is 4.74 Å². The molecular formula is C14H23NO. The highest BCUT2D eigenvalue weighted by Crippen LogP contribution is 2.10. The third kappa shape index (κ3) is 5.76. The second-order valence-electron chi connectivity index (χ2n) is 4.20. The lowest BCUT2D eigenvalue weighted by Gasteiger charge is -2.09. The van der Waals surface area contributed by atoms with Crippen molar-refractivity contribution in [2.45, 2.75) is 38.6 Å². The third-order valence-electron chi connectivity index (χ3n) is 2.79. The first kappa shape index (κ1) is 13.0. The number of benzene rings is 1. The fourth-order valence-electron chi connectivity index (χ4n) is 1.58. The minimum atomic E-state index is 0.634. The average molecular weight is 221 g/mol. The van der Waals surface area contributed by atoms with E-state index in [0.29, 0.717) is 6.04 Å². The summed E-state index contributed by atoms with van der Waals surface area (Å²) in [5.74, 6) is 0.978. The van der Waals surface area contributed by atoms with Gasteiger partial charge in [0, 0.05) is 6.04 Å². The number of unbranched alkanes of at least 4 members (excludes halogenated alkanes) is 2. The Morgan fingerprint density at radius 1 is 1.12 bits per heavy atom. The summed E-state index contributed by atoms with van der Waals surface area (Å²) in [6, 6.07) is 10.7. The van der Waals surface area contributed by atoms with E-state index in [-0.39, 0.29) is 0 Å². The molecule has 1 aromatic carbocycles. The van der Waals surface area contributed by atoms with Gasteiger partial charge in [0.25, 0.3) is 0 Å². The van der Waals surface area contributed by atoms with Crippen molar-refractivity contribution in [1.29, 1.82) is 0 Å². The van der Waals surface area contributed by atoms with Crippen molar-refractivity contribution in [3.63, 3.8) is 0 Å². The standard InChI is InChI=1S/C14H23NO/c1-13(15-2)9-5-4-8-12-16-14-10-6-3-7-11-14/h3,6-7,10-11,13,15H,4-5,8-9,12H2,1-2H3. The zero-order valence-electron chi connectivity index (χ0n) is 10.4. The molecule has 1 unspecified atom stereocenters. The molecule has 0 aliphatic rings. The van der Waals surface area contributed by atoms with Crippen LogP contribution in [0.1, 0.15) is 32.6 Å². The van der Waals surface area contributed by atoms with Crippen molar-refractivity contribution in [3.05, 3.63) is 30.3 Å². The molecule has 0 amide bonds. The first-order valence-electron chi connectivity index (χ1n) is 6.18. The summed E-state index contributed by atoms with van der Waals surface area (Å²) in [6.07, 6.45) is 4.92. The normalized spacial score (nSPS) is 12.4. The molecule has 0 aliphatic heterocycles. The minimum absolute atomic E-state index is 0.634. The Morgan fingerprint density at radius 2 is 1.88 bits per heavy atom. The van der Waals surface area contributed by atoms with Gasteiger partial charge in [0.05, 0.1) is 6.61 Å². The molecule has 0 bridgehead atoms. The van der Waals surface area contributed by atoms with E-state index in [1.807, 2.05) is 37.4 Å². The summed E-state index contributed by atoms with van der Waals surface area (Å²) < 4.78 is 5.62. The van der Waals surface area contributed by atoms with E-state index in [0.717, 1.165) is 18.8 Å². The number of para-hydroxylation sites is 1. The summed E-state index contributed by atoms with van der Waals surface area (Å²) in [4.78, 5) is 0. The van der Waals surface area contributed by atoms with Crippen LogP contribution in [-0.4, -0.2) is 19.7 Å². The topological polar surface area (TPSA) is 21.3 Å². The average Bonchev–Trinajstić information content (AvgIpc) is 2.34. The fraction of sp³-hybridized carbons (Fsp3) is 0.571. The van der Waals surface area contributed by atoms with E-state index >= 15 is 0 Å². The van der Waals surface area contributed by atoms with Gasteiger partial charge in [-0.25, -0.2) is 0 Å². The van der Waals surface area contributed by atoms with Crippen LogP contribution >= 0.6 is 0 Å². The second kappa shape index (κ2) is 8.17. The van der Waals surface area contributed by atoms with Crippen LogP contribution in [0.3, 0.4) is 0 Å². The predicted molar refractivity (Wildman–Crippen MR) is 68.9 cm³/mol. The molecule has 0 saturated heterocycles. The lowest BCUT2D eigenvalue weighted by atomic mass is 10.1. The molecule has 0 radical (unpaired) electrons. The molecule has 0 spiro atoms. The third-order valence-corrected chi connectivity index (χ3v) is 2.79. The Labute approximate surface area is 99.0 Å². The summed E-state index contributed by atoms with van der Waals surface area (Å²) >= 11 is 0. The molecule has 0 saturated carbocycles. The fourth-order valence-corrected chi connectivity index (χ4v) is 1.58. The van der Waals surface area contributed by atoms with Gasteiger partial charge in [0.15, 0.2) is 0 Å². The van der Waals surface area contributed by atoms with Crippen molar-refractivity contribution >= 4 is 0 Å². The van der Waals surface area contributed by atoms with Gasteiger partial charge in [-0.3, -0.25) is 0 Å². The lowest BCUT2D eigenvalue weighted by molar-refractivity contribution is 0.303. The number of rotatable bonds is 8. The van der Waals surface area contributed by atoms with Gasteiger partial charge in [0.1, 0.15) is 5.75 Å². The van der Waals surface area contributed by atoms with E-state index in [9.17, 15) is 0 Å². The number of hydrogen-bond donors (Lipinski definition) is 1. The van der Waals surface area contributed by atoms with Crippen LogP contribution in [0.4, 0.5) is 0 Å². The van der Waals surface area contributed by atoms with E-state index in [4.69, 9.17) is 4.74 Å². The van der Waals surface area contributed by atoms with Gasteiger partial charge in [-0.05, 0) is 38.9 Å². The van der Waals surface area contributed by atoms with Gasteiger partial charge in [0.2, 0.25) is 0 Å². The van der Waals surface area contributed by atoms with Crippen LogP contribution in [0.2, 0.25) is 0 Å². The van der Waals surface area contributed by atoms with Gasteiger partial charge in [-0.15, -0.1) is 0 Å². The summed E-state index contributed by atoms with van der Waals surface area (Å²) in [7, 11) is 2.02. The maximum Gasteiger partial charge on any atom is 0.119 e. The van der Waals surface area contributed by atoms with Crippen LogP contribution < -0.4 is 10.1 Å². The molecule has 0 aliphatic carbocycles. The quantitative estimate of drug-likeness (QED) is 0.680. The summed E-state index contributed by atoms with van der Waals surface area (Å²) in [6.45, 7) is 3.05. The van der Waals surface area contributed by atoms with E-state index in [1.165, 1.54) is 19.3 Å². The maximum absolute atomic E-state index is 5.62. The molecule has 0 aromatic heterocycles. The Morgan fingerprint density at radius 3 is 2.56 bits per heavy atom. The second-order valence-corrected chi connectivity index (χ2v) is 4.20. The van der Waals surface area contributed by atoms with Crippen LogP contribution in [-0.2, 0) is 0 Å². The van der Waals surface area contributed by atoms with Crippen LogP contribution in [0, 0.1) is 0 Å². The van der Waals surface area contributed by atoms with E-state index < -0.39 is 0 Å². The summed E-state index contributed by atoms with van der Waals surface area (Å²) in [5, 5.41) is 3.25. The van der Waals surface area contributed by atoms with Gasteiger partial charge in [-0.1, -0.05) is 31.0 Å². The molecule has 1 aromatic rings. The Hall–Kier alpha value is -1.02. The molecule has 16 heavy (non-hydrogen) atoms. The lowest BCUT2D eigenvalue weighted by Crippen LogP contribution is -2.20. The van der Waals surface area contributed by atoms with Crippen molar-refractivity contribution in [3.8, 4) is 5.75 Å². The molecule has 90 valence electrons. The highest BCUT2D eigenvalue weighted by atomic mass is 16.5. The van der Waals surface area contributed by atoms with Crippen LogP contribution in [0.5, 0.6) is 5.75 Å². The van der Waals surface area contributed by atoms with Crippen molar-refractivity contribution in [2.75, 3.05) is 13.7 Å². The zero-order valence-corrected chi connectivity index (χ0v) is 10.4. The number of nitrogens with one attached hydrogen (secondary N) is 1. The molecule has 2 heteroatoms. The first-order chi connectivity index (χ1) is 7.83. The van der Waals surface area contributed by atoms with Crippen LogP contribution in [0.15, 0.2) is 30.3 Å². The smallest absolute Gasteiger partial charge is 0.119 e. The highest BCUT2D eigenvalue weighted by Gasteiger charge is 1.97. The van der Waals surface area contributed by atoms with E-state index in [1.54, 1.807) is 0 Å². The zero-order chi connectivity index (χ0) is 11.6. The molecule has 1 rings (SSSR count). The van der Waals surface area contributed by atoms with E-state index in [2.05, 4.69) is 12.2 Å². The Kier molecular flexibility index (Phi) is 6.66. The van der Waals surface area contributed by atoms with Crippen molar-refractivity contribution in [2.24, 2.45) is 0 Å². The first-order valence-corrected chi connectivity index (χ1v) is 6.18. The molecule has 2 nitrogen and oxygen atoms in total. The highest BCUT2D eigenvalue weighted by molar-refractivity contribution is 5.20. The molecule has 0 heterocycles. The Balaban J connectivity index is 1.96. The van der Waals surface area contributed by atoms with Crippen LogP contribution in [0.25, 0.3) is 0 Å². The van der Waals surface area contributed by atoms with Crippen molar-refractivity contribution in [1.82, 2.24) is 5.32 Å². The SMILES string of the molecule is CNC(C)CCCCCOc1ccccc1. The molecular weight excluding hydrogens is 198 g/mol. The molecule has 1 atom stereocenters. The number of hydrogen-bond acceptors (Lipinski definition) is 2.